The summed E-state index contributed by atoms with van der Waals surface area (Å²) in [6.07, 6.45) is 0. The van der Waals surface area contributed by atoms with Gasteiger partial charge in [-0.15, -0.1) is 11.3 Å². The van der Waals surface area contributed by atoms with Crippen molar-refractivity contribution in [2.24, 2.45) is 0 Å². The minimum atomic E-state index is 1.12. The van der Waals surface area contributed by atoms with Gasteiger partial charge >= 0.3 is 0 Å². The third kappa shape index (κ3) is 5.46. The number of rotatable bonds is 6. The molecule has 0 unspecified atom stereocenters. The average molecular weight is 730 g/mol. The second-order valence-corrected chi connectivity index (χ2v) is 15.6. The maximum Gasteiger partial charge on any atom is 0.0540 e. The molecule has 0 atom stereocenters. The maximum absolute atomic E-state index is 2.48. The smallest absolute Gasteiger partial charge is 0.0540 e. The van der Waals surface area contributed by atoms with E-state index < -0.39 is 0 Å². The van der Waals surface area contributed by atoms with Crippen LogP contribution in [0.4, 0.5) is 17.1 Å². The molecule has 1 aromatic heterocycles. The van der Waals surface area contributed by atoms with E-state index in [0.29, 0.717) is 0 Å². The highest BCUT2D eigenvalue weighted by Gasteiger charge is 2.21. The lowest BCUT2D eigenvalue weighted by Crippen LogP contribution is -2.11. The van der Waals surface area contributed by atoms with Crippen LogP contribution in [-0.4, -0.2) is 0 Å². The Morgan fingerprint density at radius 1 is 0.286 bits per heavy atom. The van der Waals surface area contributed by atoms with Crippen LogP contribution < -0.4 is 4.90 Å². The first kappa shape index (κ1) is 32.4. The van der Waals surface area contributed by atoms with Crippen molar-refractivity contribution in [2.45, 2.75) is 0 Å². The van der Waals surface area contributed by atoms with E-state index in [1.807, 2.05) is 11.3 Å². The van der Waals surface area contributed by atoms with Gasteiger partial charge in [0.1, 0.15) is 0 Å². The normalized spacial score (nSPS) is 11.6. The van der Waals surface area contributed by atoms with Crippen LogP contribution in [0.2, 0.25) is 0 Å². The summed E-state index contributed by atoms with van der Waals surface area (Å²) in [5, 5.41) is 9.98. The third-order valence-corrected chi connectivity index (χ3v) is 12.4. The van der Waals surface area contributed by atoms with E-state index in [0.717, 1.165) is 17.1 Å². The fourth-order valence-corrected chi connectivity index (χ4v) is 9.72. The Kier molecular flexibility index (Phi) is 7.75. The van der Waals surface area contributed by atoms with Gasteiger partial charge < -0.3 is 4.90 Å². The monoisotopic (exact) mass is 729 g/mol. The zero-order chi connectivity index (χ0) is 37.0. The van der Waals surface area contributed by atoms with Gasteiger partial charge in [-0.25, -0.2) is 0 Å². The Hall–Kier alpha value is -7.00. The van der Waals surface area contributed by atoms with Crippen LogP contribution in [0.5, 0.6) is 0 Å². The molecule has 56 heavy (non-hydrogen) atoms. The lowest BCUT2D eigenvalue weighted by Gasteiger charge is -2.29. The van der Waals surface area contributed by atoms with Crippen molar-refractivity contribution in [1.82, 2.24) is 0 Å². The molecule has 11 rings (SSSR count). The summed E-state index contributed by atoms with van der Waals surface area (Å²) >= 11 is 1.87. The van der Waals surface area contributed by atoms with Crippen LogP contribution in [0.15, 0.2) is 212 Å². The minimum Gasteiger partial charge on any atom is -0.310 e. The summed E-state index contributed by atoms with van der Waals surface area (Å²) in [5.41, 5.74) is 10.8. The Balaban J connectivity index is 1.16. The van der Waals surface area contributed by atoms with E-state index in [2.05, 4.69) is 217 Å². The summed E-state index contributed by atoms with van der Waals surface area (Å²) in [6.45, 7) is 0. The Morgan fingerprint density at radius 3 is 1.73 bits per heavy atom. The molecule has 1 heterocycles. The molecule has 10 aromatic carbocycles. The largest absolute Gasteiger partial charge is 0.310 e. The molecule has 0 radical (unpaired) electrons. The minimum absolute atomic E-state index is 1.12. The van der Waals surface area contributed by atoms with Crippen molar-refractivity contribution in [3.8, 4) is 33.4 Å². The number of fused-ring (bicyclic) bond motifs is 6. The molecule has 2 heteroatoms. The fraction of sp³-hybridized carbons (Fsp3) is 0. The predicted molar refractivity (Wildman–Crippen MR) is 243 cm³/mol. The molecular formula is C54H35NS. The van der Waals surface area contributed by atoms with E-state index in [-0.39, 0.29) is 0 Å². The predicted octanol–water partition coefficient (Wildman–Crippen LogP) is 16.0. The average Bonchev–Trinajstić information content (AvgIpc) is 3.64. The lowest BCUT2D eigenvalue weighted by molar-refractivity contribution is 1.31. The highest BCUT2D eigenvalue weighted by Crippen LogP contribution is 2.47. The second-order valence-electron chi connectivity index (χ2n) is 14.5. The third-order valence-electron chi connectivity index (χ3n) is 11.2. The second kappa shape index (κ2) is 13.4. The summed E-state index contributed by atoms with van der Waals surface area (Å²) in [6, 6.07) is 77.8. The van der Waals surface area contributed by atoms with Gasteiger partial charge in [0.2, 0.25) is 0 Å². The van der Waals surface area contributed by atoms with Crippen molar-refractivity contribution < 1.29 is 0 Å². The highest BCUT2D eigenvalue weighted by atomic mass is 32.1. The number of hydrogen-bond acceptors (Lipinski definition) is 2. The van der Waals surface area contributed by atoms with Gasteiger partial charge in [-0.1, -0.05) is 170 Å². The molecule has 0 aliphatic heterocycles. The molecule has 0 N–H and O–H groups in total. The molecule has 1 nitrogen and oxygen atoms in total. The Labute approximate surface area is 330 Å². The van der Waals surface area contributed by atoms with E-state index in [1.165, 1.54) is 85.9 Å². The molecule has 11 aromatic rings. The van der Waals surface area contributed by atoms with Gasteiger partial charge in [0.25, 0.3) is 0 Å². The van der Waals surface area contributed by atoms with E-state index in [9.17, 15) is 0 Å². The molecule has 262 valence electrons. The number of hydrogen-bond donors (Lipinski definition) is 0. The maximum atomic E-state index is 2.48. The number of benzene rings is 10. The highest BCUT2D eigenvalue weighted by molar-refractivity contribution is 7.25. The molecule has 0 spiro atoms. The van der Waals surface area contributed by atoms with E-state index in [4.69, 9.17) is 0 Å². The van der Waals surface area contributed by atoms with Gasteiger partial charge in [0.05, 0.1) is 5.69 Å². The standard InChI is InChI=1S/C54H35NS/c1-3-14-36(15-4-1)39-26-31-53-51(33-39)49-28-27-41(35-54(49)56-53)55(42-32-40-19-8-10-22-44(40)50(34-42)38-16-5-2-6-17-38)52-30-29-47(46-23-11-12-24-48(46)52)45-25-13-20-37-18-7-9-21-43(37)45/h1-35H. The van der Waals surface area contributed by atoms with E-state index in [1.54, 1.807) is 0 Å². The molecule has 0 fully saturated rings. The van der Waals surface area contributed by atoms with Gasteiger partial charge in [-0.05, 0) is 103 Å². The molecule has 0 saturated heterocycles. The molecule has 0 amide bonds. The Morgan fingerprint density at radius 2 is 0.929 bits per heavy atom. The Bertz CT molecular complexity index is 3250. The zero-order valence-corrected chi connectivity index (χ0v) is 31.4. The van der Waals surface area contributed by atoms with Crippen LogP contribution in [0.3, 0.4) is 0 Å². The molecule has 0 saturated carbocycles. The molecular weight excluding hydrogens is 695 g/mol. The first-order valence-corrected chi connectivity index (χ1v) is 20.0. The van der Waals surface area contributed by atoms with Crippen molar-refractivity contribution in [3.63, 3.8) is 0 Å². The quantitative estimate of drug-likeness (QED) is 0.165. The van der Waals surface area contributed by atoms with Crippen LogP contribution in [0.1, 0.15) is 0 Å². The first-order chi connectivity index (χ1) is 27.8. The summed E-state index contributed by atoms with van der Waals surface area (Å²) in [4.78, 5) is 2.48. The lowest BCUT2D eigenvalue weighted by atomic mass is 9.92. The number of nitrogens with zero attached hydrogens (tertiary/aromatic N) is 1. The molecule has 0 bridgehead atoms. The van der Waals surface area contributed by atoms with Crippen molar-refractivity contribution in [2.75, 3.05) is 4.90 Å². The fourth-order valence-electron chi connectivity index (χ4n) is 8.60. The SMILES string of the molecule is c1ccc(-c2ccc3sc4cc(N(c5cc(-c6ccccc6)c6ccccc6c5)c5ccc(-c6cccc7ccccc67)c6ccccc56)ccc4c3c2)cc1. The van der Waals surface area contributed by atoms with Gasteiger partial charge in [-0.3, -0.25) is 0 Å². The van der Waals surface area contributed by atoms with Crippen LogP contribution >= 0.6 is 11.3 Å². The summed E-state index contributed by atoms with van der Waals surface area (Å²) < 4.78 is 2.57. The van der Waals surface area contributed by atoms with Gasteiger partial charge in [0.15, 0.2) is 0 Å². The van der Waals surface area contributed by atoms with Crippen molar-refractivity contribution >= 4 is 80.9 Å². The van der Waals surface area contributed by atoms with Crippen LogP contribution in [-0.2, 0) is 0 Å². The van der Waals surface area contributed by atoms with Gasteiger partial charge in [0, 0.05) is 36.9 Å². The molecule has 0 aliphatic rings. The molecule has 0 aliphatic carbocycles. The zero-order valence-electron chi connectivity index (χ0n) is 30.6. The van der Waals surface area contributed by atoms with Crippen molar-refractivity contribution in [3.05, 3.63) is 212 Å². The summed E-state index contributed by atoms with van der Waals surface area (Å²) in [7, 11) is 0. The number of thiophene rings is 1. The van der Waals surface area contributed by atoms with Crippen LogP contribution in [0, 0.1) is 0 Å². The van der Waals surface area contributed by atoms with Gasteiger partial charge in [-0.2, -0.15) is 0 Å². The van der Waals surface area contributed by atoms with Crippen LogP contribution in [0.25, 0.3) is 85.9 Å². The topological polar surface area (TPSA) is 3.24 Å². The number of anilines is 3. The van der Waals surface area contributed by atoms with E-state index >= 15 is 0 Å². The first-order valence-electron chi connectivity index (χ1n) is 19.2. The van der Waals surface area contributed by atoms with Crippen molar-refractivity contribution in [1.29, 1.82) is 0 Å². The summed E-state index contributed by atoms with van der Waals surface area (Å²) in [5.74, 6) is 0.